The van der Waals surface area contributed by atoms with Gasteiger partial charge in [0.2, 0.25) is 0 Å². The van der Waals surface area contributed by atoms with E-state index in [9.17, 15) is 9.18 Å². The zero-order chi connectivity index (χ0) is 20.4. The Balaban J connectivity index is 1.49. The van der Waals surface area contributed by atoms with Crippen molar-refractivity contribution in [1.29, 1.82) is 0 Å². The smallest absolute Gasteiger partial charge is 0.414 e. The van der Waals surface area contributed by atoms with E-state index in [2.05, 4.69) is 15.3 Å². The fraction of sp³-hybridized carbons (Fsp3) is 0.300. The molecule has 0 radical (unpaired) electrons. The molecule has 0 saturated carbocycles. The van der Waals surface area contributed by atoms with E-state index < -0.39 is 11.9 Å². The van der Waals surface area contributed by atoms with Crippen molar-refractivity contribution in [3.05, 3.63) is 60.4 Å². The number of ether oxygens (including phenoxy) is 1. The van der Waals surface area contributed by atoms with Crippen LogP contribution in [0.2, 0.25) is 0 Å². The normalized spacial score (nSPS) is 16.5. The van der Waals surface area contributed by atoms with Crippen molar-refractivity contribution < 1.29 is 13.9 Å². The van der Waals surface area contributed by atoms with Crippen LogP contribution in [0.5, 0.6) is 0 Å². The van der Waals surface area contributed by atoms with Gasteiger partial charge in [-0.25, -0.2) is 13.9 Å². The summed E-state index contributed by atoms with van der Waals surface area (Å²) >= 11 is 0. The molecule has 9 heteroatoms. The van der Waals surface area contributed by atoms with Gasteiger partial charge in [0.1, 0.15) is 11.9 Å². The van der Waals surface area contributed by atoms with E-state index in [1.165, 1.54) is 11.0 Å². The van der Waals surface area contributed by atoms with Gasteiger partial charge >= 0.3 is 6.09 Å². The first-order chi connectivity index (χ1) is 14.0. The van der Waals surface area contributed by atoms with E-state index in [4.69, 9.17) is 4.74 Å². The predicted molar refractivity (Wildman–Crippen MR) is 105 cm³/mol. The van der Waals surface area contributed by atoms with Crippen LogP contribution >= 0.6 is 0 Å². The molecule has 1 aromatic carbocycles. The zero-order valence-electron chi connectivity index (χ0n) is 16.2. The topological polar surface area (TPSA) is 76.4 Å². The quantitative estimate of drug-likeness (QED) is 0.637. The molecule has 1 fully saturated rings. The molecule has 0 N–H and O–H groups in total. The number of benzene rings is 1. The maximum absolute atomic E-state index is 14.8. The van der Waals surface area contributed by atoms with E-state index in [0.29, 0.717) is 36.4 Å². The molecule has 150 valence electrons. The second kappa shape index (κ2) is 7.96. The fourth-order valence-corrected chi connectivity index (χ4v) is 3.27. The highest BCUT2D eigenvalue weighted by Crippen LogP contribution is 2.29. The van der Waals surface area contributed by atoms with Crippen molar-refractivity contribution in [1.82, 2.24) is 24.9 Å². The number of carbonyl (C=O) groups excluding carboxylic acids is 1. The second-order valence-electron chi connectivity index (χ2n) is 7.18. The third kappa shape index (κ3) is 4.24. The lowest BCUT2D eigenvalue weighted by atomic mass is 10.1. The van der Waals surface area contributed by atoms with Gasteiger partial charge in [-0.2, -0.15) is 0 Å². The van der Waals surface area contributed by atoms with Gasteiger partial charge in [-0.05, 0) is 38.4 Å². The molecule has 8 nitrogen and oxygen atoms in total. The van der Waals surface area contributed by atoms with Crippen molar-refractivity contribution in [3.8, 4) is 11.1 Å². The molecule has 3 aromatic rings. The first kappa shape index (κ1) is 19.0. The summed E-state index contributed by atoms with van der Waals surface area (Å²) in [5.74, 6) is -0.419. The van der Waals surface area contributed by atoms with Crippen molar-refractivity contribution in [2.75, 3.05) is 25.5 Å². The molecule has 29 heavy (non-hydrogen) atoms. The number of aromatic nitrogens is 4. The summed E-state index contributed by atoms with van der Waals surface area (Å²) in [6.07, 6.45) is 4.04. The summed E-state index contributed by atoms with van der Waals surface area (Å²) in [6, 6.07) is 8.45. The van der Waals surface area contributed by atoms with Crippen LogP contribution in [0.1, 0.15) is 5.69 Å². The summed E-state index contributed by atoms with van der Waals surface area (Å²) in [5.41, 5.74) is 2.48. The highest BCUT2D eigenvalue weighted by Gasteiger charge is 2.33. The van der Waals surface area contributed by atoms with Crippen molar-refractivity contribution in [3.63, 3.8) is 0 Å². The number of hydrogen-bond acceptors (Lipinski definition) is 6. The average molecular weight is 396 g/mol. The van der Waals surface area contributed by atoms with Crippen LogP contribution in [0.3, 0.4) is 0 Å². The van der Waals surface area contributed by atoms with Crippen LogP contribution in [0, 0.1) is 5.82 Å². The highest BCUT2D eigenvalue weighted by molar-refractivity contribution is 5.90. The molecule has 2 aromatic heterocycles. The molecule has 1 saturated heterocycles. The van der Waals surface area contributed by atoms with E-state index in [1.807, 2.05) is 31.1 Å². The van der Waals surface area contributed by atoms with Crippen LogP contribution < -0.4 is 4.90 Å². The van der Waals surface area contributed by atoms with Gasteiger partial charge in [0, 0.05) is 30.1 Å². The Morgan fingerprint density at radius 2 is 2.14 bits per heavy atom. The molecule has 1 aliphatic rings. The SMILES string of the molecule is CN(C)Cc1ccc(-c2ccc(N3C[C@H](Cn4ccnn4)OC3=O)cc2F)cn1. The monoisotopic (exact) mass is 396 g/mol. The molecule has 3 heterocycles. The van der Waals surface area contributed by atoms with Gasteiger partial charge in [-0.15, -0.1) is 5.10 Å². The number of halogens is 1. The van der Waals surface area contributed by atoms with E-state index >= 15 is 0 Å². The Hall–Kier alpha value is -3.33. The van der Waals surface area contributed by atoms with E-state index in [1.54, 1.807) is 35.4 Å². The standard InChI is InChI=1S/C20H21FN6O2/c1-25(2)11-15-4-3-14(10-22-15)18-6-5-16(9-19(18)21)27-13-17(29-20(27)28)12-26-8-7-23-24-26/h3-10,17H,11-13H2,1-2H3/t17-/m0/s1. The number of carbonyl (C=O) groups is 1. The van der Waals surface area contributed by atoms with E-state index in [0.717, 1.165) is 5.69 Å². The maximum atomic E-state index is 14.8. The van der Waals surface area contributed by atoms with E-state index in [-0.39, 0.29) is 6.10 Å². The highest BCUT2D eigenvalue weighted by atomic mass is 19.1. The van der Waals surface area contributed by atoms with Crippen LogP contribution in [0.25, 0.3) is 11.1 Å². The lowest BCUT2D eigenvalue weighted by Gasteiger charge is -2.15. The number of rotatable bonds is 6. The molecule has 0 spiro atoms. The number of cyclic esters (lactones) is 1. The van der Waals surface area contributed by atoms with Crippen LogP contribution in [-0.4, -0.2) is 57.7 Å². The minimum atomic E-state index is -0.503. The Morgan fingerprint density at radius 3 is 2.79 bits per heavy atom. The van der Waals surface area contributed by atoms with Gasteiger partial charge < -0.3 is 9.64 Å². The average Bonchev–Trinajstić information content (AvgIpc) is 3.32. The number of amides is 1. The van der Waals surface area contributed by atoms with Gasteiger partial charge in [0.05, 0.1) is 30.7 Å². The maximum Gasteiger partial charge on any atom is 0.414 e. The summed E-state index contributed by atoms with van der Waals surface area (Å²) in [4.78, 5) is 20.1. The number of hydrogen-bond donors (Lipinski definition) is 0. The Kier molecular flexibility index (Phi) is 5.22. The predicted octanol–water partition coefficient (Wildman–Crippen LogP) is 2.57. The van der Waals surface area contributed by atoms with Crippen LogP contribution in [0.4, 0.5) is 14.9 Å². The number of pyridine rings is 1. The molecule has 0 unspecified atom stereocenters. The number of anilines is 1. The second-order valence-corrected chi connectivity index (χ2v) is 7.18. The molecule has 4 rings (SSSR count). The van der Waals surface area contributed by atoms with Crippen LogP contribution in [0.15, 0.2) is 48.9 Å². The zero-order valence-corrected chi connectivity index (χ0v) is 16.2. The van der Waals surface area contributed by atoms with Gasteiger partial charge in [-0.1, -0.05) is 11.3 Å². The molecule has 0 aliphatic carbocycles. The molecule has 1 amide bonds. The van der Waals surface area contributed by atoms with Crippen molar-refractivity contribution in [2.45, 2.75) is 19.2 Å². The first-order valence-electron chi connectivity index (χ1n) is 9.21. The molecule has 0 bridgehead atoms. The van der Waals surface area contributed by atoms with Gasteiger partial charge in [0.25, 0.3) is 0 Å². The molecule has 1 aliphatic heterocycles. The Labute approximate surface area is 167 Å². The molecule has 1 atom stereocenters. The lowest BCUT2D eigenvalue weighted by molar-refractivity contribution is 0.129. The van der Waals surface area contributed by atoms with Crippen molar-refractivity contribution >= 4 is 11.8 Å². The largest absolute Gasteiger partial charge is 0.442 e. The third-order valence-corrected chi connectivity index (χ3v) is 4.62. The Bertz CT molecular complexity index is 991. The molecular weight excluding hydrogens is 375 g/mol. The van der Waals surface area contributed by atoms with Crippen LogP contribution in [-0.2, 0) is 17.8 Å². The number of nitrogens with zero attached hydrogens (tertiary/aromatic N) is 6. The lowest BCUT2D eigenvalue weighted by Crippen LogP contribution is -2.26. The summed E-state index contributed by atoms with van der Waals surface area (Å²) in [5, 5.41) is 7.60. The first-order valence-corrected chi connectivity index (χ1v) is 9.21. The van der Waals surface area contributed by atoms with Gasteiger partial charge in [0.15, 0.2) is 0 Å². The third-order valence-electron chi connectivity index (χ3n) is 4.62. The summed E-state index contributed by atoms with van der Waals surface area (Å²) < 4.78 is 21.8. The minimum absolute atomic E-state index is 0.318. The summed E-state index contributed by atoms with van der Waals surface area (Å²) in [6.45, 7) is 1.43. The fourth-order valence-electron chi connectivity index (χ4n) is 3.27. The summed E-state index contributed by atoms with van der Waals surface area (Å²) in [7, 11) is 3.93. The van der Waals surface area contributed by atoms with Crippen molar-refractivity contribution in [2.24, 2.45) is 0 Å². The molecular formula is C20H21FN6O2. The Morgan fingerprint density at radius 1 is 1.28 bits per heavy atom. The van der Waals surface area contributed by atoms with Gasteiger partial charge in [-0.3, -0.25) is 9.88 Å². The minimum Gasteiger partial charge on any atom is -0.442 e.